The van der Waals surface area contributed by atoms with Gasteiger partial charge in [0.15, 0.2) is 5.75 Å². The van der Waals surface area contributed by atoms with Crippen LogP contribution < -0.4 is 10.1 Å². The summed E-state index contributed by atoms with van der Waals surface area (Å²) in [6.07, 6.45) is 1.16. The summed E-state index contributed by atoms with van der Waals surface area (Å²) in [4.78, 5) is 17.8. The largest absolute Gasteiger partial charge is 0.511 e. The van der Waals surface area contributed by atoms with E-state index in [2.05, 4.69) is 20.0 Å². The maximum absolute atomic E-state index is 10.2. The third-order valence-corrected chi connectivity index (χ3v) is 1.42. The van der Waals surface area contributed by atoms with Gasteiger partial charge < -0.3 is 19.9 Å². The SMILES string of the molecule is COCCNc1ncc(OC(=O)O)cn1. The highest BCUT2D eigenvalue weighted by Crippen LogP contribution is 2.08. The molecule has 0 aliphatic heterocycles. The Morgan fingerprint density at radius 3 is 2.73 bits per heavy atom. The van der Waals surface area contributed by atoms with Crippen molar-refractivity contribution in [3.8, 4) is 5.75 Å². The van der Waals surface area contributed by atoms with Crippen molar-refractivity contribution in [1.82, 2.24) is 9.97 Å². The third kappa shape index (κ3) is 4.23. The molecular weight excluding hydrogens is 202 g/mol. The zero-order valence-corrected chi connectivity index (χ0v) is 8.14. The van der Waals surface area contributed by atoms with E-state index in [1.165, 1.54) is 12.4 Å². The first-order valence-corrected chi connectivity index (χ1v) is 4.18. The van der Waals surface area contributed by atoms with E-state index in [1.54, 1.807) is 7.11 Å². The van der Waals surface area contributed by atoms with E-state index in [0.717, 1.165) is 0 Å². The Hall–Kier alpha value is -1.89. The number of carbonyl (C=O) groups is 1. The Morgan fingerprint density at radius 1 is 1.53 bits per heavy atom. The fourth-order valence-electron chi connectivity index (χ4n) is 0.826. The minimum Gasteiger partial charge on any atom is -0.449 e. The Balaban J connectivity index is 2.45. The van der Waals surface area contributed by atoms with Crippen LogP contribution in [0.15, 0.2) is 12.4 Å². The summed E-state index contributed by atoms with van der Waals surface area (Å²) in [6, 6.07) is 0. The van der Waals surface area contributed by atoms with Crippen LogP contribution in [0.2, 0.25) is 0 Å². The Labute approximate surface area is 86.1 Å². The minimum atomic E-state index is -1.39. The second kappa shape index (κ2) is 5.76. The number of hydrogen-bond acceptors (Lipinski definition) is 6. The number of rotatable bonds is 5. The van der Waals surface area contributed by atoms with Crippen LogP contribution in [0, 0.1) is 0 Å². The lowest BCUT2D eigenvalue weighted by Crippen LogP contribution is -2.10. The van der Waals surface area contributed by atoms with E-state index in [1.807, 2.05) is 0 Å². The summed E-state index contributed by atoms with van der Waals surface area (Å²) in [7, 11) is 1.59. The molecular formula is C8H11N3O4. The van der Waals surface area contributed by atoms with Crippen LogP contribution in [-0.4, -0.2) is 41.5 Å². The van der Waals surface area contributed by atoms with Gasteiger partial charge in [-0.15, -0.1) is 0 Å². The van der Waals surface area contributed by atoms with Gasteiger partial charge in [0.25, 0.3) is 0 Å². The van der Waals surface area contributed by atoms with Crippen molar-refractivity contribution in [1.29, 1.82) is 0 Å². The highest BCUT2D eigenvalue weighted by Gasteiger charge is 2.01. The molecule has 7 heteroatoms. The lowest BCUT2D eigenvalue weighted by atomic mass is 10.6. The maximum Gasteiger partial charge on any atom is 0.511 e. The smallest absolute Gasteiger partial charge is 0.449 e. The van der Waals surface area contributed by atoms with Gasteiger partial charge >= 0.3 is 6.16 Å². The first-order valence-electron chi connectivity index (χ1n) is 4.18. The number of anilines is 1. The summed E-state index contributed by atoms with van der Waals surface area (Å²) in [5.74, 6) is 0.476. The van der Waals surface area contributed by atoms with Crippen LogP contribution in [0.1, 0.15) is 0 Å². The van der Waals surface area contributed by atoms with Gasteiger partial charge in [-0.25, -0.2) is 14.8 Å². The molecule has 82 valence electrons. The first kappa shape index (κ1) is 11.2. The summed E-state index contributed by atoms with van der Waals surface area (Å²) in [5, 5.41) is 11.2. The van der Waals surface area contributed by atoms with Gasteiger partial charge in [-0.3, -0.25) is 0 Å². The molecule has 2 N–H and O–H groups in total. The zero-order chi connectivity index (χ0) is 11.1. The van der Waals surface area contributed by atoms with Crippen LogP contribution >= 0.6 is 0 Å². The molecule has 0 unspecified atom stereocenters. The topological polar surface area (TPSA) is 93.6 Å². The molecule has 0 radical (unpaired) electrons. The molecule has 0 bridgehead atoms. The summed E-state index contributed by atoms with van der Waals surface area (Å²) in [6.45, 7) is 1.12. The number of methoxy groups -OCH3 is 1. The average molecular weight is 213 g/mol. The van der Waals surface area contributed by atoms with Gasteiger partial charge in [-0.2, -0.15) is 0 Å². The van der Waals surface area contributed by atoms with Crippen molar-refractivity contribution in [3.05, 3.63) is 12.4 Å². The van der Waals surface area contributed by atoms with Crippen molar-refractivity contribution in [2.45, 2.75) is 0 Å². The monoisotopic (exact) mass is 213 g/mol. The molecule has 7 nitrogen and oxygen atoms in total. The van der Waals surface area contributed by atoms with E-state index < -0.39 is 6.16 Å². The number of ether oxygens (including phenoxy) is 2. The quantitative estimate of drug-likeness (QED) is 0.546. The fourth-order valence-corrected chi connectivity index (χ4v) is 0.826. The Morgan fingerprint density at radius 2 is 2.20 bits per heavy atom. The highest BCUT2D eigenvalue weighted by molar-refractivity contribution is 5.60. The molecule has 15 heavy (non-hydrogen) atoms. The van der Waals surface area contributed by atoms with Crippen molar-refractivity contribution in [2.24, 2.45) is 0 Å². The number of nitrogens with one attached hydrogen (secondary N) is 1. The van der Waals surface area contributed by atoms with Crippen molar-refractivity contribution in [2.75, 3.05) is 25.6 Å². The first-order chi connectivity index (χ1) is 7.22. The van der Waals surface area contributed by atoms with Crippen molar-refractivity contribution in [3.63, 3.8) is 0 Å². The second-order valence-electron chi connectivity index (χ2n) is 2.53. The molecule has 0 atom stereocenters. The third-order valence-electron chi connectivity index (χ3n) is 1.42. The molecule has 0 amide bonds. The van der Waals surface area contributed by atoms with Crippen LogP contribution in [0.25, 0.3) is 0 Å². The minimum absolute atomic E-state index is 0.0831. The van der Waals surface area contributed by atoms with Crippen molar-refractivity contribution >= 4 is 12.1 Å². The molecule has 0 saturated heterocycles. The van der Waals surface area contributed by atoms with E-state index in [-0.39, 0.29) is 5.75 Å². The molecule has 1 rings (SSSR count). The molecule has 0 saturated carbocycles. The van der Waals surface area contributed by atoms with Gasteiger partial charge in [-0.05, 0) is 0 Å². The van der Waals surface area contributed by atoms with Gasteiger partial charge in [0, 0.05) is 13.7 Å². The van der Waals surface area contributed by atoms with Crippen LogP contribution in [0.5, 0.6) is 5.75 Å². The number of nitrogens with zero attached hydrogens (tertiary/aromatic N) is 2. The highest BCUT2D eigenvalue weighted by atomic mass is 16.7. The van der Waals surface area contributed by atoms with E-state index in [0.29, 0.717) is 19.1 Å². The second-order valence-corrected chi connectivity index (χ2v) is 2.53. The Kier molecular flexibility index (Phi) is 4.30. The van der Waals surface area contributed by atoms with Crippen molar-refractivity contribution < 1.29 is 19.4 Å². The molecule has 1 heterocycles. The predicted octanol–water partition coefficient (Wildman–Crippen LogP) is 0.592. The summed E-state index contributed by atoms with van der Waals surface area (Å²) >= 11 is 0. The molecule has 0 aromatic carbocycles. The van der Waals surface area contributed by atoms with Gasteiger partial charge in [-0.1, -0.05) is 0 Å². The molecule has 1 aromatic heterocycles. The van der Waals surface area contributed by atoms with Crippen LogP contribution in [-0.2, 0) is 4.74 Å². The summed E-state index contributed by atoms with van der Waals surface area (Å²) < 4.78 is 9.15. The van der Waals surface area contributed by atoms with Gasteiger partial charge in [0.05, 0.1) is 19.0 Å². The lowest BCUT2D eigenvalue weighted by molar-refractivity contribution is 0.144. The molecule has 0 aliphatic carbocycles. The van der Waals surface area contributed by atoms with Crippen LogP contribution in [0.3, 0.4) is 0 Å². The lowest BCUT2D eigenvalue weighted by Gasteiger charge is -2.03. The molecule has 0 aliphatic rings. The molecule has 0 spiro atoms. The van der Waals surface area contributed by atoms with Crippen LogP contribution in [0.4, 0.5) is 10.7 Å². The normalized spacial score (nSPS) is 9.67. The van der Waals surface area contributed by atoms with E-state index in [9.17, 15) is 4.79 Å². The van der Waals surface area contributed by atoms with Gasteiger partial charge in [0.1, 0.15) is 0 Å². The number of hydrogen-bond donors (Lipinski definition) is 2. The standard InChI is InChI=1S/C8H11N3O4/c1-14-3-2-9-7-10-4-6(5-11-7)15-8(12)13/h4-5H,2-3H2,1H3,(H,12,13)(H,9,10,11). The fraction of sp³-hybridized carbons (Fsp3) is 0.375. The summed E-state index contributed by atoms with van der Waals surface area (Å²) in [5.41, 5.74) is 0. The number of aromatic nitrogens is 2. The Bertz CT molecular complexity index is 314. The average Bonchev–Trinajstić information content (AvgIpc) is 2.20. The number of carboxylic acid groups (broad SMARTS) is 1. The maximum atomic E-state index is 10.2. The van der Waals surface area contributed by atoms with Gasteiger partial charge in [0.2, 0.25) is 5.95 Å². The molecule has 0 fully saturated rings. The van der Waals surface area contributed by atoms with E-state index >= 15 is 0 Å². The zero-order valence-electron chi connectivity index (χ0n) is 8.14. The van der Waals surface area contributed by atoms with E-state index in [4.69, 9.17) is 9.84 Å². The molecule has 1 aromatic rings. The predicted molar refractivity (Wildman–Crippen MR) is 51.1 cm³/mol.